The zero-order valence-electron chi connectivity index (χ0n) is 14.4. The highest BCUT2D eigenvalue weighted by Gasteiger charge is 2.27. The van der Waals surface area contributed by atoms with Crippen molar-refractivity contribution in [3.63, 3.8) is 0 Å². The summed E-state index contributed by atoms with van der Waals surface area (Å²) in [6, 6.07) is 7.46. The lowest BCUT2D eigenvalue weighted by atomic mass is 10.2. The Kier molecular flexibility index (Phi) is 5.37. The highest BCUT2D eigenvalue weighted by molar-refractivity contribution is 5.75. The van der Waals surface area contributed by atoms with Gasteiger partial charge in [0.1, 0.15) is 6.61 Å². The van der Waals surface area contributed by atoms with Crippen LogP contribution < -0.4 is 20.5 Å². The summed E-state index contributed by atoms with van der Waals surface area (Å²) in [6.45, 7) is 5.65. The van der Waals surface area contributed by atoms with Gasteiger partial charge in [-0.15, -0.1) is 5.10 Å². The van der Waals surface area contributed by atoms with E-state index in [-0.39, 0.29) is 5.91 Å². The summed E-state index contributed by atoms with van der Waals surface area (Å²) in [7, 11) is 0. The van der Waals surface area contributed by atoms with E-state index in [2.05, 4.69) is 15.4 Å². The van der Waals surface area contributed by atoms with Crippen LogP contribution in [0.3, 0.4) is 0 Å². The molecule has 0 radical (unpaired) electrons. The van der Waals surface area contributed by atoms with Crippen molar-refractivity contribution in [1.29, 1.82) is 0 Å². The molecule has 1 aromatic heterocycles. The van der Waals surface area contributed by atoms with Crippen molar-refractivity contribution in [3.8, 4) is 11.5 Å². The van der Waals surface area contributed by atoms with Crippen LogP contribution in [0.5, 0.6) is 11.5 Å². The van der Waals surface area contributed by atoms with Gasteiger partial charge in [0.25, 0.3) is 5.89 Å². The summed E-state index contributed by atoms with van der Waals surface area (Å²) in [4.78, 5) is 16.0. The van der Waals surface area contributed by atoms with E-state index in [9.17, 15) is 4.79 Å². The molecule has 0 saturated heterocycles. The van der Waals surface area contributed by atoms with Crippen LogP contribution >= 0.6 is 0 Å². The molecular formula is C17H22N4O4. The molecule has 1 amide bonds. The lowest BCUT2D eigenvalue weighted by Gasteiger charge is -2.23. The molecule has 3 rings (SSSR count). The van der Waals surface area contributed by atoms with E-state index in [1.165, 1.54) is 0 Å². The van der Waals surface area contributed by atoms with Gasteiger partial charge in [-0.3, -0.25) is 4.79 Å². The summed E-state index contributed by atoms with van der Waals surface area (Å²) in [5.41, 5.74) is 0.379. The molecule has 1 aliphatic heterocycles. The SMILES string of the molecule is CCN=c1oc(C2COc3ccccc3O2)nn1CCC(=O)NCC. The molecule has 1 atom stereocenters. The van der Waals surface area contributed by atoms with E-state index in [0.29, 0.717) is 55.7 Å². The maximum Gasteiger partial charge on any atom is 0.315 e. The molecule has 1 aromatic carbocycles. The largest absolute Gasteiger partial charge is 0.485 e. The van der Waals surface area contributed by atoms with Crippen LogP contribution in [0.15, 0.2) is 33.7 Å². The Morgan fingerprint density at radius 3 is 2.92 bits per heavy atom. The molecule has 0 fully saturated rings. The van der Waals surface area contributed by atoms with Gasteiger partial charge in [-0.25, -0.2) is 9.67 Å². The fraction of sp³-hybridized carbons (Fsp3) is 0.471. The topological polar surface area (TPSA) is 90.9 Å². The van der Waals surface area contributed by atoms with Gasteiger partial charge < -0.3 is 19.2 Å². The van der Waals surface area contributed by atoms with E-state index >= 15 is 0 Å². The normalized spacial score (nSPS) is 16.7. The monoisotopic (exact) mass is 346 g/mol. The molecule has 8 nitrogen and oxygen atoms in total. The fourth-order valence-corrected chi connectivity index (χ4v) is 2.49. The smallest absolute Gasteiger partial charge is 0.315 e. The number of aromatic nitrogens is 2. The fourth-order valence-electron chi connectivity index (χ4n) is 2.49. The number of benzene rings is 1. The Labute approximate surface area is 145 Å². The van der Waals surface area contributed by atoms with Gasteiger partial charge in [0, 0.05) is 19.5 Å². The van der Waals surface area contributed by atoms with Crippen molar-refractivity contribution in [2.24, 2.45) is 4.99 Å². The quantitative estimate of drug-likeness (QED) is 0.854. The lowest BCUT2D eigenvalue weighted by molar-refractivity contribution is -0.121. The third kappa shape index (κ3) is 4.01. The number of rotatable bonds is 6. The molecule has 2 heterocycles. The molecule has 8 heteroatoms. The van der Waals surface area contributed by atoms with Gasteiger partial charge in [-0.1, -0.05) is 12.1 Å². The Balaban J connectivity index is 1.78. The van der Waals surface area contributed by atoms with Gasteiger partial charge >= 0.3 is 5.68 Å². The lowest BCUT2D eigenvalue weighted by Crippen LogP contribution is -2.27. The van der Waals surface area contributed by atoms with Gasteiger partial charge in [-0.2, -0.15) is 0 Å². The van der Waals surface area contributed by atoms with Gasteiger partial charge in [-0.05, 0) is 26.0 Å². The molecule has 0 spiro atoms. The van der Waals surface area contributed by atoms with Crippen LogP contribution in [-0.2, 0) is 11.3 Å². The minimum absolute atomic E-state index is 0.0341. The molecule has 0 bridgehead atoms. The molecule has 0 aliphatic carbocycles. The van der Waals surface area contributed by atoms with Crippen LogP contribution in [-0.4, -0.2) is 35.4 Å². The first-order chi connectivity index (χ1) is 12.2. The van der Waals surface area contributed by atoms with Crippen molar-refractivity contribution >= 4 is 5.91 Å². The number of aryl methyl sites for hydroxylation is 1. The number of para-hydroxylation sites is 2. The number of ether oxygens (including phenoxy) is 2. The molecule has 1 aliphatic rings. The maximum absolute atomic E-state index is 11.7. The summed E-state index contributed by atoms with van der Waals surface area (Å²) in [6.07, 6.45) is -0.145. The predicted molar refractivity (Wildman–Crippen MR) is 89.2 cm³/mol. The van der Waals surface area contributed by atoms with E-state index in [1.807, 2.05) is 38.1 Å². The van der Waals surface area contributed by atoms with Crippen LogP contribution in [0.4, 0.5) is 0 Å². The van der Waals surface area contributed by atoms with Crippen molar-refractivity contribution in [2.45, 2.75) is 32.9 Å². The Morgan fingerprint density at radius 1 is 1.36 bits per heavy atom. The van der Waals surface area contributed by atoms with E-state index < -0.39 is 6.10 Å². The highest BCUT2D eigenvalue weighted by atomic mass is 16.6. The zero-order chi connectivity index (χ0) is 17.6. The first-order valence-electron chi connectivity index (χ1n) is 8.44. The number of nitrogens with one attached hydrogen (secondary N) is 1. The molecular weight excluding hydrogens is 324 g/mol. The van der Waals surface area contributed by atoms with Crippen LogP contribution in [0.1, 0.15) is 32.3 Å². The summed E-state index contributed by atoms with van der Waals surface area (Å²) < 4.78 is 19.0. The van der Waals surface area contributed by atoms with E-state index in [4.69, 9.17) is 13.9 Å². The maximum atomic E-state index is 11.7. The number of nitrogens with zero attached hydrogens (tertiary/aromatic N) is 3. The molecule has 1 unspecified atom stereocenters. The minimum Gasteiger partial charge on any atom is -0.485 e. The van der Waals surface area contributed by atoms with Gasteiger partial charge in [0.05, 0.1) is 6.54 Å². The number of hydrogen-bond donors (Lipinski definition) is 1. The second-order valence-electron chi connectivity index (χ2n) is 5.49. The molecule has 0 saturated carbocycles. The number of carbonyl (C=O) groups is 1. The third-order valence-corrected chi connectivity index (χ3v) is 3.64. The Hall–Kier alpha value is -2.77. The van der Waals surface area contributed by atoms with E-state index in [0.717, 1.165) is 0 Å². The Bertz CT molecular complexity index is 796. The minimum atomic E-state index is -0.452. The van der Waals surface area contributed by atoms with E-state index in [1.54, 1.807) is 4.68 Å². The second kappa shape index (κ2) is 7.87. The van der Waals surface area contributed by atoms with Gasteiger partial charge in [0.15, 0.2) is 11.5 Å². The van der Waals surface area contributed by atoms with Crippen molar-refractivity contribution in [2.75, 3.05) is 19.7 Å². The summed E-state index contributed by atoms with van der Waals surface area (Å²) in [5.74, 6) is 1.71. The predicted octanol–water partition coefficient (Wildman–Crippen LogP) is 1.44. The zero-order valence-corrected chi connectivity index (χ0v) is 14.4. The Morgan fingerprint density at radius 2 is 2.16 bits per heavy atom. The average Bonchev–Trinajstić information content (AvgIpc) is 3.03. The molecule has 1 N–H and O–H groups in total. The van der Waals surface area contributed by atoms with Crippen molar-refractivity contribution in [1.82, 2.24) is 15.1 Å². The molecule has 134 valence electrons. The van der Waals surface area contributed by atoms with Gasteiger partial charge in [0.2, 0.25) is 12.0 Å². The second-order valence-corrected chi connectivity index (χ2v) is 5.49. The first kappa shape index (κ1) is 17.1. The van der Waals surface area contributed by atoms with Crippen LogP contribution in [0.2, 0.25) is 0 Å². The number of hydrogen-bond acceptors (Lipinski definition) is 6. The molecule has 25 heavy (non-hydrogen) atoms. The summed E-state index contributed by atoms with van der Waals surface area (Å²) in [5, 5.41) is 7.19. The van der Waals surface area contributed by atoms with Crippen molar-refractivity contribution < 1.29 is 18.7 Å². The average molecular weight is 346 g/mol. The number of amides is 1. The first-order valence-corrected chi connectivity index (χ1v) is 8.44. The summed E-state index contributed by atoms with van der Waals surface area (Å²) >= 11 is 0. The van der Waals surface area contributed by atoms with Crippen LogP contribution in [0, 0.1) is 0 Å². The number of fused-ring (bicyclic) bond motifs is 1. The van der Waals surface area contributed by atoms with Crippen LogP contribution in [0.25, 0.3) is 0 Å². The van der Waals surface area contributed by atoms with Crippen molar-refractivity contribution in [3.05, 3.63) is 35.8 Å². The molecule has 2 aromatic rings. The number of carbonyl (C=O) groups excluding carboxylic acids is 1. The third-order valence-electron chi connectivity index (χ3n) is 3.64. The standard InChI is InChI=1S/C17H22N4O4/c1-3-18-15(22)9-10-21-17(19-4-2)25-16(20-21)14-11-23-12-7-5-6-8-13(12)24-14/h5-8,14H,3-4,9-11H2,1-2H3,(H,18,22). The highest BCUT2D eigenvalue weighted by Crippen LogP contribution is 2.35.